The molecule has 140 valence electrons. The second-order valence-corrected chi connectivity index (χ2v) is 5.89. The maximum atomic E-state index is 12.8. The lowest BCUT2D eigenvalue weighted by molar-refractivity contribution is -0.121. The van der Waals surface area contributed by atoms with Crippen LogP contribution in [0.15, 0.2) is 42.5 Å². The van der Waals surface area contributed by atoms with Gasteiger partial charge in [-0.05, 0) is 30.3 Å². The van der Waals surface area contributed by atoms with Gasteiger partial charge in [0.05, 0.1) is 37.6 Å². The summed E-state index contributed by atoms with van der Waals surface area (Å²) >= 11 is 0. The largest absolute Gasteiger partial charge is 0.497 e. The van der Waals surface area contributed by atoms with Crippen LogP contribution in [0, 0.1) is 0 Å². The molecule has 0 aliphatic carbocycles. The van der Waals surface area contributed by atoms with Crippen molar-refractivity contribution in [3.05, 3.63) is 48.0 Å². The Kier molecular flexibility index (Phi) is 4.98. The summed E-state index contributed by atoms with van der Waals surface area (Å²) in [5, 5.41) is 12.1. The Balaban J connectivity index is 1.85. The van der Waals surface area contributed by atoms with Gasteiger partial charge in [0.2, 0.25) is 5.91 Å². The Morgan fingerprint density at radius 1 is 1.15 bits per heavy atom. The van der Waals surface area contributed by atoms with E-state index in [2.05, 4.69) is 5.32 Å². The van der Waals surface area contributed by atoms with E-state index < -0.39 is 23.8 Å². The molecular formula is C19H18N2O6. The van der Waals surface area contributed by atoms with Crippen LogP contribution in [0.3, 0.4) is 0 Å². The van der Waals surface area contributed by atoms with Gasteiger partial charge in [0.1, 0.15) is 17.5 Å². The van der Waals surface area contributed by atoms with Crippen LogP contribution in [0.5, 0.6) is 11.5 Å². The summed E-state index contributed by atoms with van der Waals surface area (Å²) in [5.41, 5.74) is 0.780. The van der Waals surface area contributed by atoms with Crippen LogP contribution < -0.4 is 19.7 Å². The Hall–Kier alpha value is -3.55. The topological polar surface area (TPSA) is 105 Å². The van der Waals surface area contributed by atoms with Gasteiger partial charge in [-0.1, -0.05) is 6.07 Å². The van der Waals surface area contributed by atoms with E-state index in [0.717, 1.165) is 4.90 Å². The number of imide groups is 1. The summed E-state index contributed by atoms with van der Waals surface area (Å²) in [6.45, 7) is 0. The van der Waals surface area contributed by atoms with Crippen molar-refractivity contribution in [2.24, 2.45) is 0 Å². The van der Waals surface area contributed by atoms with Crippen LogP contribution in [0.25, 0.3) is 0 Å². The highest BCUT2D eigenvalue weighted by Gasteiger charge is 2.40. The number of carbonyl (C=O) groups excluding carboxylic acids is 2. The lowest BCUT2D eigenvalue weighted by Crippen LogP contribution is -2.35. The van der Waals surface area contributed by atoms with Crippen molar-refractivity contribution in [1.82, 2.24) is 0 Å². The number of carboxylic acid groups (broad SMARTS) is 1. The highest BCUT2D eigenvalue weighted by molar-refractivity contribution is 6.23. The fourth-order valence-corrected chi connectivity index (χ4v) is 2.90. The summed E-state index contributed by atoms with van der Waals surface area (Å²) in [6, 6.07) is 10.0. The summed E-state index contributed by atoms with van der Waals surface area (Å²) in [5.74, 6) is -0.930. The fraction of sp³-hybridized carbons (Fsp3) is 0.211. The van der Waals surface area contributed by atoms with Crippen LogP contribution in [0.4, 0.5) is 11.4 Å². The first kappa shape index (κ1) is 18.2. The van der Waals surface area contributed by atoms with Gasteiger partial charge >= 0.3 is 5.97 Å². The van der Waals surface area contributed by atoms with Gasteiger partial charge in [0.15, 0.2) is 0 Å². The van der Waals surface area contributed by atoms with Gasteiger partial charge in [-0.2, -0.15) is 0 Å². The van der Waals surface area contributed by atoms with E-state index in [1.165, 1.54) is 38.5 Å². The zero-order valence-corrected chi connectivity index (χ0v) is 14.8. The van der Waals surface area contributed by atoms with Gasteiger partial charge in [0.25, 0.3) is 5.91 Å². The number of amides is 2. The number of nitrogens with one attached hydrogen (secondary N) is 1. The second-order valence-electron chi connectivity index (χ2n) is 5.89. The minimum atomic E-state index is -1.13. The predicted octanol–water partition coefficient (Wildman–Crippen LogP) is 2.15. The molecule has 0 spiro atoms. The van der Waals surface area contributed by atoms with Gasteiger partial charge in [-0.25, -0.2) is 9.69 Å². The number of ether oxygens (including phenoxy) is 2. The molecule has 0 bridgehead atoms. The van der Waals surface area contributed by atoms with Crippen molar-refractivity contribution in [3.8, 4) is 11.5 Å². The number of nitrogens with zero attached hydrogens (tertiary/aromatic N) is 1. The van der Waals surface area contributed by atoms with Crippen molar-refractivity contribution >= 4 is 29.2 Å². The molecule has 27 heavy (non-hydrogen) atoms. The maximum absolute atomic E-state index is 12.8. The molecule has 2 aromatic rings. The Labute approximate surface area is 155 Å². The average molecular weight is 370 g/mol. The van der Waals surface area contributed by atoms with E-state index >= 15 is 0 Å². The SMILES string of the molecule is COc1ccc(N[C@H]2CC(=O)N(c3cccc(C(=O)O)c3)C2=O)c(OC)c1. The van der Waals surface area contributed by atoms with Crippen molar-refractivity contribution in [1.29, 1.82) is 0 Å². The monoisotopic (exact) mass is 370 g/mol. The molecular weight excluding hydrogens is 352 g/mol. The summed E-state index contributed by atoms with van der Waals surface area (Å²) in [4.78, 5) is 37.3. The van der Waals surface area contributed by atoms with E-state index in [9.17, 15) is 14.4 Å². The third-order valence-electron chi connectivity index (χ3n) is 4.24. The van der Waals surface area contributed by atoms with E-state index in [1.807, 2.05) is 0 Å². The number of hydrogen-bond acceptors (Lipinski definition) is 6. The van der Waals surface area contributed by atoms with E-state index in [1.54, 1.807) is 18.2 Å². The van der Waals surface area contributed by atoms with Crippen LogP contribution in [0.1, 0.15) is 16.8 Å². The van der Waals surface area contributed by atoms with E-state index in [-0.39, 0.29) is 17.7 Å². The zero-order chi connectivity index (χ0) is 19.6. The number of aromatic carboxylic acids is 1. The summed E-state index contributed by atoms with van der Waals surface area (Å²) in [7, 11) is 3.02. The highest BCUT2D eigenvalue weighted by Crippen LogP contribution is 2.32. The number of methoxy groups -OCH3 is 2. The molecule has 8 heteroatoms. The van der Waals surface area contributed by atoms with Crippen LogP contribution in [-0.4, -0.2) is 43.2 Å². The molecule has 8 nitrogen and oxygen atoms in total. The lowest BCUT2D eigenvalue weighted by Gasteiger charge is -2.18. The second kappa shape index (κ2) is 7.36. The highest BCUT2D eigenvalue weighted by atomic mass is 16.5. The van der Waals surface area contributed by atoms with Gasteiger partial charge in [0, 0.05) is 6.07 Å². The molecule has 0 saturated carbocycles. The molecule has 2 amide bonds. The normalized spacial score (nSPS) is 16.4. The molecule has 2 N–H and O–H groups in total. The molecule has 0 unspecified atom stereocenters. The average Bonchev–Trinajstić information content (AvgIpc) is 2.95. The zero-order valence-electron chi connectivity index (χ0n) is 14.8. The molecule has 2 aromatic carbocycles. The standard InChI is InChI=1S/C19H18N2O6/c1-26-13-6-7-14(16(9-13)27-2)20-15-10-17(22)21(18(15)23)12-5-3-4-11(8-12)19(24)25/h3-9,15,20H,10H2,1-2H3,(H,24,25)/t15-/m0/s1. The van der Waals surface area contributed by atoms with Crippen LogP contribution >= 0.6 is 0 Å². The third kappa shape index (κ3) is 3.55. The molecule has 1 aliphatic rings. The first-order chi connectivity index (χ1) is 12.9. The summed E-state index contributed by atoms with van der Waals surface area (Å²) < 4.78 is 10.4. The van der Waals surface area contributed by atoms with Crippen molar-refractivity contribution in [2.45, 2.75) is 12.5 Å². The Morgan fingerprint density at radius 3 is 2.59 bits per heavy atom. The number of hydrogen-bond donors (Lipinski definition) is 2. The quantitative estimate of drug-likeness (QED) is 0.751. The first-order valence-electron chi connectivity index (χ1n) is 8.13. The molecule has 0 aromatic heterocycles. The molecule has 1 aliphatic heterocycles. The van der Waals surface area contributed by atoms with Crippen molar-refractivity contribution < 1.29 is 29.0 Å². The molecule has 0 radical (unpaired) electrons. The number of carboxylic acids is 1. The fourth-order valence-electron chi connectivity index (χ4n) is 2.90. The minimum absolute atomic E-state index is 0.00123. The predicted molar refractivity (Wildman–Crippen MR) is 97.5 cm³/mol. The Bertz CT molecular complexity index is 911. The number of anilines is 2. The van der Waals surface area contributed by atoms with Crippen molar-refractivity contribution in [3.63, 3.8) is 0 Å². The van der Waals surface area contributed by atoms with Crippen LogP contribution in [-0.2, 0) is 9.59 Å². The minimum Gasteiger partial charge on any atom is -0.497 e. The van der Waals surface area contributed by atoms with Crippen LogP contribution in [0.2, 0.25) is 0 Å². The lowest BCUT2D eigenvalue weighted by atomic mass is 10.2. The maximum Gasteiger partial charge on any atom is 0.335 e. The summed E-state index contributed by atoms with van der Waals surface area (Å²) in [6.07, 6.45) is -0.0503. The first-order valence-corrected chi connectivity index (χ1v) is 8.13. The molecule has 3 rings (SSSR count). The molecule has 1 fully saturated rings. The molecule has 1 atom stereocenters. The number of rotatable bonds is 6. The van der Waals surface area contributed by atoms with Gasteiger partial charge in [-0.3, -0.25) is 9.59 Å². The van der Waals surface area contributed by atoms with Gasteiger partial charge in [-0.15, -0.1) is 0 Å². The van der Waals surface area contributed by atoms with Gasteiger partial charge < -0.3 is 19.9 Å². The van der Waals surface area contributed by atoms with Crippen molar-refractivity contribution in [2.75, 3.05) is 24.4 Å². The van der Waals surface area contributed by atoms with E-state index in [4.69, 9.17) is 14.6 Å². The smallest absolute Gasteiger partial charge is 0.335 e. The molecule has 1 saturated heterocycles. The molecule has 1 heterocycles. The van der Waals surface area contributed by atoms with E-state index in [0.29, 0.717) is 17.2 Å². The third-order valence-corrected chi connectivity index (χ3v) is 4.24. The Morgan fingerprint density at radius 2 is 1.93 bits per heavy atom. The number of benzene rings is 2. The number of carbonyl (C=O) groups is 3.